The average Bonchev–Trinajstić information content (AvgIpc) is 3.06. The lowest BCUT2D eigenvalue weighted by Gasteiger charge is -2.35. The fourth-order valence-electron chi connectivity index (χ4n) is 3.13. The second kappa shape index (κ2) is 6.51. The molecule has 7 nitrogen and oxygen atoms in total. The van der Waals surface area contributed by atoms with E-state index in [1.165, 1.54) is 0 Å². The summed E-state index contributed by atoms with van der Waals surface area (Å²) in [4.78, 5) is 21.1. The number of hydrogen-bond acceptors (Lipinski definition) is 5. The fraction of sp³-hybridized carbons (Fsp3) is 0.333. The number of rotatable bonds is 3. The van der Waals surface area contributed by atoms with Crippen LogP contribution < -0.4 is 4.90 Å². The molecule has 0 bridgehead atoms. The minimum atomic E-state index is 0.123. The van der Waals surface area contributed by atoms with E-state index in [-0.39, 0.29) is 5.91 Å². The Morgan fingerprint density at radius 1 is 1.04 bits per heavy atom. The Balaban J connectivity index is 1.39. The van der Waals surface area contributed by atoms with E-state index in [4.69, 9.17) is 0 Å². The molecule has 1 aromatic carbocycles. The molecule has 0 aliphatic carbocycles. The summed E-state index contributed by atoms with van der Waals surface area (Å²) in [6, 6.07) is 11.8. The number of aryl methyl sites for hydroxylation is 1. The van der Waals surface area contributed by atoms with Gasteiger partial charge in [0.15, 0.2) is 5.82 Å². The lowest BCUT2D eigenvalue weighted by Crippen LogP contribution is -2.49. The Morgan fingerprint density at radius 3 is 2.60 bits per heavy atom. The number of fused-ring (bicyclic) bond motifs is 1. The van der Waals surface area contributed by atoms with Gasteiger partial charge in [-0.15, -0.1) is 5.10 Å². The molecule has 1 saturated heterocycles. The Hall–Kier alpha value is -2.96. The SMILES string of the molecule is Cc1ccc(N2CCN(C(=O)Cn3cnc4ccccc43)CC2)nn1. The van der Waals surface area contributed by atoms with Gasteiger partial charge in [-0.25, -0.2) is 4.98 Å². The molecule has 1 aliphatic heterocycles. The molecule has 0 N–H and O–H groups in total. The van der Waals surface area contributed by atoms with Gasteiger partial charge in [0.1, 0.15) is 6.54 Å². The predicted molar refractivity (Wildman–Crippen MR) is 95.3 cm³/mol. The quantitative estimate of drug-likeness (QED) is 0.725. The first kappa shape index (κ1) is 15.6. The molecule has 0 atom stereocenters. The van der Waals surface area contributed by atoms with Gasteiger partial charge in [0.2, 0.25) is 5.91 Å². The van der Waals surface area contributed by atoms with Gasteiger partial charge in [-0.05, 0) is 31.2 Å². The Morgan fingerprint density at radius 2 is 1.84 bits per heavy atom. The zero-order chi connectivity index (χ0) is 17.2. The van der Waals surface area contributed by atoms with E-state index in [1.54, 1.807) is 6.33 Å². The summed E-state index contributed by atoms with van der Waals surface area (Å²) in [7, 11) is 0. The van der Waals surface area contributed by atoms with Crippen LogP contribution in [0.4, 0.5) is 5.82 Å². The minimum Gasteiger partial charge on any atom is -0.352 e. The van der Waals surface area contributed by atoms with Gasteiger partial charge in [-0.3, -0.25) is 4.79 Å². The first-order chi connectivity index (χ1) is 12.2. The second-order valence-electron chi connectivity index (χ2n) is 6.26. The molecular weight excluding hydrogens is 316 g/mol. The van der Waals surface area contributed by atoms with Crippen molar-refractivity contribution in [2.24, 2.45) is 0 Å². The van der Waals surface area contributed by atoms with Crippen molar-refractivity contribution in [3.63, 3.8) is 0 Å². The fourth-order valence-corrected chi connectivity index (χ4v) is 3.13. The highest BCUT2D eigenvalue weighted by Crippen LogP contribution is 2.15. The maximum absolute atomic E-state index is 12.6. The normalized spacial score (nSPS) is 14.9. The molecule has 3 heterocycles. The molecule has 0 spiro atoms. The number of carbonyl (C=O) groups is 1. The summed E-state index contributed by atoms with van der Waals surface area (Å²) in [6.45, 7) is 5.18. The molecule has 0 saturated carbocycles. The van der Waals surface area contributed by atoms with Crippen molar-refractivity contribution in [3.05, 3.63) is 48.4 Å². The monoisotopic (exact) mass is 336 g/mol. The van der Waals surface area contributed by atoms with Crippen molar-refractivity contribution >= 4 is 22.8 Å². The second-order valence-corrected chi connectivity index (χ2v) is 6.26. The van der Waals surface area contributed by atoms with E-state index >= 15 is 0 Å². The first-order valence-corrected chi connectivity index (χ1v) is 8.43. The van der Waals surface area contributed by atoms with Crippen molar-refractivity contribution in [2.45, 2.75) is 13.5 Å². The van der Waals surface area contributed by atoms with Crippen LogP contribution in [0, 0.1) is 6.92 Å². The average molecular weight is 336 g/mol. The number of para-hydroxylation sites is 2. The van der Waals surface area contributed by atoms with Gasteiger partial charge in [0, 0.05) is 26.2 Å². The van der Waals surface area contributed by atoms with E-state index < -0.39 is 0 Å². The number of imidazole rings is 1. The third-order valence-corrected chi connectivity index (χ3v) is 4.57. The van der Waals surface area contributed by atoms with Gasteiger partial charge in [0.05, 0.1) is 23.1 Å². The third-order valence-electron chi connectivity index (χ3n) is 4.57. The number of amides is 1. The highest BCUT2D eigenvalue weighted by Gasteiger charge is 2.22. The minimum absolute atomic E-state index is 0.123. The summed E-state index contributed by atoms with van der Waals surface area (Å²) in [6.07, 6.45) is 1.74. The van der Waals surface area contributed by atoms with Crippen molar-refractivity contribution in [1.82, 2.24) is 24.6 Å². The van der Waals surface area contributed by atoms with Crippen LogP contribution in [0.15, 0.2) is 42.7 Å². The number of benzene rings is 1. The van der Waals surface area contributed by atoms with Crippen LogP contribution in [-0.4, -0.2) is 56.7 Å². The molecule has 2 aromatic heterocycles. The molecule has 1 amide bonds. The Bertz CT molecular complexity index is 880. The molecule has 1 aliphatic rings. The third kappa shape index (κ3) is 3.17. The van der Waals surface area contributed by atoms with E-state index in [1.807, 2.05) is 52.8 Å². The predicted octanol–water partition coefficient (Wildman–Crippen LogP) is 1.48. The van der Waals surface area contributed by atoms with Crippen LogP contribution in [0.25, 0.3) is 11.0 Å². The van der Waals surface area contributed by atoms with Crippen molar-refractivity contribution in [1.29, 1.82) is 0 Å². The summed E-state index contributed by atoms with van der Waals surface area (Å²) < 4.78 is 1.91. The van der Waals surface area contributed by atoms with Gasteiger partial charge in [-0.2, -0.15) is 5.10 Å². The highest BCUT2D eigenvalue weighted by atomic mass is 16.2. The van der Waals surface area contributed by atoms with Crippen LogP contribution in [0.2, 0.25) is 0 Å². The van der Waals surface area contributed by atoms with E-state index in [9.17, 15) is 4.79 Å². The van der Waals surface area contributed by atoms with E-state index in [2.05, 4.69) is 20.1 Å². The van der Waals surface area contributed by atoms with Crippen LogP contribution in [0.3, 0.4) is 0 Å². The summed E-state index contributed by atoms with van der Waals surface area (Å²) in [5, 5.41) is 8.33. The number of piperazine rings is 1. The summed E-state index contributed by atoms with van der Waals surface area (Å²) in [5.41, 5.74) is 2.81. The number of carbonyl (C=O) groups excluding carboxylic acids is 1. The van der Waals surface area contributed by atoms with Crippen molar-refractivity contribution < 1.29 is 4.79 Å². The molecule has 1 fully saturated rings. The lowest BCUT2D eigenvalue weighted by molar-refractivity contribution is -0.132. The Kier molecular flexibility index (Phi) is 4.05. The molecule has 4 rings (SSSR count). The highest BCUT2D eigenvalue weighted by molar-refractivity contribution is 5.80. The largest absolute Gasteiger partial charge is 0.352 e. The number of aromatic nitrogens is 4. The van der Waals surface area contributed by atoms with Crippen LogP contribution in [-0.2, 0) is 11.3 Å². The summed E-state index contributed by atoms with van der Waals surface area (Å²) in [5.74, 6) is 0.996. The zero-order valence-electron chi connectivity index (χ0n) is 14.2. The van der Waals surface area contributed by atoms with Gasteiger partial charge < -0.3 is 14.4 Å². The van der Waals surface area contributed by atoms with Crippen LogP contribution in [0.5, 0.6) is 0 Å². The summed E-state index contributed by atoms with van der Waals surface area (Å²) >= 11 is 0. The smallest absolute Gasteiger partial charge is 0.242 e. The number of hydrogen-bond donors (Lipinski definition) is 0. The molecule has 7 heteroatoms. The maximum Gasteiger partial charge on any atom is 0.242 e. The van der Waals surface area contributed by atoms with E-state index in [0.29, 0.717) is 19.6 Å². The zero-order valence-corrected chi connectivity index (χ0v) is 14.2. The molecule has 0 radical (unpaired) electrons. The maximum atomic E-state index is 12.6. The standard InChI is InChI=1S/C18H20N6O/c1-14-6-7-17(21-20-14)22-8-10-23(11-9-22)18(25)12-24-13-19-15-4-2-3-5-16(15)24/h2-7,13H,8-12H2,1H3. The molecule has 128 valence electrons. The molecule has 25 heavy (non-hydrogen) atoms. The topological polar surface area (TPSA) is 67.2 Å². The lowest BCUT2D eigenvalue weighted by atomic mass is 10.3. The number of nitrogens with zero attached hydrogens (tertiary/aromatic N) is 6. The Labute approximate surface area is 145 Å². The van der Waals surface area contributed by atoms with Gasteiger partial charge >= 0.3 is 0 Å². The first-order valence-electron chi connectivity index (χ1n) is 8.43. The molecule has 3 aromatic rings. The van der Waals surface area contributed by atoms with Gasteiger partial charge in [0.25, 0.3) is 0 Å². The molecular formula is C18H20N6O. The van der Waals surface area contributed by atoms with Crippen LogP contribution >= 0.6 is 0 Å². The molecule has 0 unspecified atom stereocenters. The van der Waals surface area contributed by atoms with Crippen molar-refractivity contribution in [3.8, 4) is 0 Å². The van der Waals surface area contributed by atoms with E-state index in [0.717, 1.165) is 35.6 Å². The van der Waals surface area contributed by atoms with Crippen LogP contribution in [0.1, 0.15) is 5.69 Å². The van der Waals surface area contributed by atoms with Gasteiger partial charge in [-0.1, -0.05) is 12.1 Å². The van der Waals surface area contributed by atoms with Crippen molar-refractivity contribution in [2.75, 3.05) is 31.1 Å². The number of anilines is 1.